The van der Waals surface area contributed by atoms with Crippen LogP contribution >= 0.6 is 11.8 Å². The van der Waals surface area contributed by atoms with Gasteiger partial charge in [-0.15, -0.1) is 11.8 Å². The van der Waals surface area contributed by atoms with Crippen LogP contribution in [0, 0.1) is 0 Å². The summed E-state index contributed by atoms with van der Waals surface area (Å²) < 4.78 is 11.2. The normalized spacial score (nSPS) is 15.7. The zero-order valence-electron chi connectivity index (χ0n) is 14.0. The third kappa shape index (κ3) is 4.10. The smallest absolute Gasteiger partial charge is 0.233 e. The maximum absolute atomic E-state index is 12.7. The Morgan fingerprint density at radius 3 is 2.56 bits per heavy atom. The van der Waals surface area contributed by atoms with E-state index in [1.54, 1.807) is 11.8 Å². The summed E-state index contributed by atoms with van der Waals surface area (Å²) in [4.78, 5) is 15.8. The lowest BCUT2D eigenvalue weighted by Crippen LogP contribution is -2.33. The van der Waals surface area contributed by atoms with E-state index in [0.29, 0.717) is 31.6 Å². The van der Waals surface area contributed by atoms with Gasteiger partial charge in [0.2, 0.25) is 5.91 Å². The van der Waals surface area contributed by atoms with Crippen molar-refractivity contribution < 1.29 is 14.3 Å². The van der Waals surface area contributed by atoms with E-state index in [1.807, 2.05) is 41.3 Å². The van der Waals surface area contributed by atoms with Crippen LogP contribution in [0.2, 0.25) is 0 Å². The van der Waals surface area contributed by atoms with Gasteiger partial charge in [-0.1, -0.05) is 30.3 Å². The van der Waals surface area contributed by atoms with Crippen molar-refractivity contribution in [3.63, 3.8) is 0 Å². The Morgan fingerprint density at radius 2 is 1.80 bits per heavy atom. The molecule has 0 saturated heterocycles. The molecule has 2 aromatic carbocycles. The van der Waals surface area contributed by atoms with Crippen LogP contribution in [0.25, 0.3) is 0 Å². The molecule has 0 spiro atoms. The van der Waals surface area contributed by atoms with Crippen LogP contribution in [-0.4, -0.2) is 35.8 Å². The minimum absolute atomic E-state index is 0.200. The van der Waals surface area contributed by atoms with E-state index in [0.717, 1.165) is 29.2 Å². The van der Waals surface area contributed by atoms with Gasteiger partial charge in [0.05, 0.1) is 5.75 Å². The highest BCUT2D eigenvalue weighted by Crippen LogP contribution is 2.35. The van der Waals surface area contributed by atoms with Gasteiger partial charge < -0.3 is 14.4 Å². The van der Waals surface area contributed by atoms with Gasteiger partial charge in [-0.05, 0) is 36.6 Å². The quantitative estimate of drug-likeness (QED) is 0.740. The number of ether oxygens (including phenoxy) is 2. The summed E-state index contributed by atoms with van der Waals surface area (Å²) in [5.41, 5.74) is 1.19. The highest BCUT2D eigenvalue weighted by atomic mass is 32.2. The molecule has 0 bridgehead atoms. The Balaban J connectivity index is 1.38. The molecule has 130 valence electrons. The van der Waals surface area contributed by atoms with Crippen LogP contribution in [-0.2, 0) is 11.3 Å². The molecule has 5 heteroatoms. The molecule has 1 amide bonds. The summed E-state index contributed by atoms with van der Waals surface area (Å²) in [6.07, 6.45) is 2.24. The SMILES string of the molecule is O=C(CSc1ccc2c(c1)OCCO2)N(Cc1ccccc1)C1CC1. The Morgan fingerprint density at radius 1 is 1.04 bits per heavy atom. The second kappa shape index (κ2) is 7.40. The van der Waals surface area contributed by atoms with Crippen LogP contribution in [0.1, 0.15) is 18.4 Å². The summed E-state index contributed by atoms with van der Waals surface area (Å²) in [6, 6.07) is 16.5. The molecule has 4 rings (SSSR count). The second-order valence-corrected chi connectivity index (χ2v) is 7.38. The van der Waals surface area contributed by atoms with Crippen LogP contribution in [0.3, 0.4) is 0 Å². The van der Waals surface area contributed by atoms with Gasteiger partial charge in [0.25, 0.3) is 0 Å². The first-order chi connectivity index (χ1) is 12.3. The topological polar surface area (TPSA) is 38.8 Å². The molecule has 2 aromatic rings. The third-order valence-electron chi connectivity index (χ3n) is 4.38. The van der Waals surface area contributed by atoms with E-state index in [1.165, 1.54) is 5.56 Å². The molecule has 1 fully saturated rings. The van der Waals surface area contributed by atoms with E-state index in [2.05, 4.69) is 12.1 Å². The van der Waals surface area contributed by atoms with E-state index in [9.17, 15) is 4.79 Å². The van der Waals surface area contributed by atoms with Gasteiger partial charge in [-0.25, -0.2) is 0 Å². The molecule has 4 nitrogen and oxygen atoms in total. The Kier molecular flexibility index (Phi) is 4.83. The summed E-state index contributed by atoms with van der Waals surface area (Å²) >= 11 is 1.56. The molecule has 0 N–H and O–H groups in total. The van der Waals surface area contributed by atoms with Gasteiger partial charge >= 0.3 is 0 Å². The summed E-state index contributed by atoms with van der Waals surface area (Å²) in [7, 11) is 0. The molecule has 25 heavy (non-hydrogen) atoms. The van der Waals surface area contributed by atoms with E-state index in [4.69, 9.17) is 9.47 Å². The monoisotopic (exact) mass is 355 g/mol. The lowest BCUT2D eigenvalue weighted by molar-refractivity contribution is -0.129. The number of carbonyl (C=O) groups is 1. The predicted molar refractivity (Wildman–Crippen MR) is 98.2 cm³/mol. The summed E-state index contributed by atoms with van der Waals surface area (Å²) in [5, 5.41) is 0. The van der Waals surface area contributed by atoms with Gasteiger partial charge in [0, 0.05) is 17.5 Å². The average molecular weight is 355 g/mol. The molecule has 1 heterocycles. The number of rotatable bonds is 6. The lowest BCUT2D eigenvalue weighted by atomic mass is 10.2. The molecule has 0 unspecified atom stereocenters. The maximum atomic E-state index is 12.7. The summed E-state index contributed by atoms with van der Waals surface area (Å²) in [6.45, 7) is 1.87. The number of carbonyl (C=O) groups excluding carboxylic acids is 1. The van der Waals surface area contributed by atoms with Crippen molar-refractivity contribution >= 4 is 17.7 Å². The lowest BCUT2D eigenvalue weighted by Gasteiger charge is -2.23. The van der Waals surface area contributed by atoms with Gasteiger partial charge in [0.15, 0.2) is 11.5 Å². The van der Waals surface area contributed by atoms with Gasteiger partial charge in [-0.3, -0.25) is 4.79 Å². The minimum Gasteiger partial charge on any atom is -0.486 e. The highest BCUT2D eigenvalue weighted by molar-refractivity contribution is 8.00. The zero-order valence-corrected chi connectivity index (χ0v) is 14.8. The van der Waals surface area contributed by atoms with Gasteiger partial charge in [0.1, 0.15) is 13.2 Å². The standard InChI is InChI=1S/C20H21NO3S/c22-20(21(16-6-7-16)13-15-4-2-1-3-5-15)14-25-17-8-9-18-19(12-17)24-11-10-23-18/h1-5,8-9,12,16H,6-7,10-11,13-14H2. The first-order valence-electron chi connectivity index (χ1n) is 8.65. The minimum atomic E-state index is 0.200. The molecule has 1 aliphatic carbocycles. The Labute approximate surface area is 152 Å². The molecular weight excluding hydrogens is 334 g/mol. The number of benzene rings is 2. The number of hydrogen-bond acceptors (Lipinski definition) is 4. The van der Waals surface area contributed by atoms with Crippen molar-refractivity contribution in [1.82, 2.24) is 4.90 Å². The summed E-state index contributed by atoms with van der Waals surface area (Å²) in [5.74, 6) is 2.20. The average Bonchev–Trinajstić information content (AvgIpc) is 3.50. The molecule has 0 atom stereocenters. The molecule has 1 saturated carbocycles. The largest absolute Gasteiger partial charge is 0.486 e. The first-order valence-corrected chi connectivity index (χ1v) is 9.64. The maximum Gasteiger partial charge on any atom is 0.233 e. The van der Waals surface area contributed by atoms with Crippen molar-refractivity contribution in [1.29, 1.82) is 0 Å². The second-order valence-electron chi connectivity index (χ2n) is 6.33. The van der Waals surface area contributed by atoms with E-state index < -0.39 is 0 Å². The fourth-order valence-electron chi connectivity index (χ4n) is 2.93. The number of thioether (sulfide) groups is 1. The van der Waals surface area contributed by atoms with Crippen molar-refractivity contribution in [3.05, 3.63) is 54.1 Å². The van der Waals surface area contributed by atoms with Crippen LogP contribution in [0.4, 0.5) is 0 Å². The Bertz CT molecular complexity index is 746. The van der Waals surface area contributed by atoms with Gasteiger partial charge in [-0.2, -0.15) is 0 Å². The van der Waals surface area contributed by atoms with E-state index >= 15 is 0 Å². The van der Waals surface area contributed by atoms with Crippen LogP contribution in [0.5, 0.6) is 11.5 Å². The van der Waals surface area contributed by atoms with Crippen molar-refractivity contribution in [2.75, 3.05) is 19.0 Å². The molecule has 0 radical (unpaired) electrons. The zero-order chi connectivity index (χ0) is 17.1. The number of nitrogens with zero attached hydrogens (tertiary/aromatic N) is 1. The molecule has 0 aromatic heterocycles. The van der Waals surface area contributed by atoms with Crippen LogP contribution in [0.15, 0.2) is 53.4 Å². The fourth-order valence-corrected chi connectivity index (χ4v) is 3.74. The Hall–Kier alpha value is -2.14. The number of fused-ring (bicyclic) bond motifs is 1. The third-order valence-corrected chi connectivity index (χ3v) is 5.36. The van der Waals surface area contributed by atoms with Crippen molar-refractivity contribution in [2.24, 2.45) is 0 Å². The first kappa shape index (κ1) is 16.3. The van der Waals surface area contributed by atoms with Crippen LogP contribution < -0.4 is 9.47 Å². The fraction of sp³-hybridized carbons (Fsp3) is 0.350. The molecule has 1 aliphatic heterocycles. The predicted octanol–water partition coefficient (Wildman–Crippen LogP) is 3.74. The van der Waals surface area contributed by atoms with E-state index in [-0.39, 0.29) is 5.91 Å². The van der Waals surface area contributed by atoms with Crippen molar-refractivity contribution in [2.45, 2.75) is 30.3 Å². The number of hydrogen-bond donors (Lipinski definition) is 0. The number of amides is 1. The van der Waals surface area contributed by atoms with Crippen molar-refractivity contribution in [3.8, 4) is 11.5 Å². The highest BCUT2D eigenvalue weighted by Gasteiger charge is 2.32. The molecular formula is C20H21NO3S. The molecule has 2 aliphatic rings.